The van der Waals surface area contributed by atoms with E-state index in [4.69, 9.17) is 16.3 Å². The minimum Gasteiger partial charge on any atom is -0.482 e. The van der Waals surface area contributed by atoms with Crippen LogP contribution < -0.4 is 15.4 Å². The average molecular weight is 347 g/mol. The minimum absolute atomic E-state index is 0.0495. The number of fused-ring (bicyclic) bond motifs is 1. The lowest BCUT2D eigenvalue weighted by molar-refractivity contribution is -0.118. The van der Waals surface area contributed by atoms with Crippen LogP contribution in [0.25, 0.3) is 0 Å². The molecule has 0 aromatic heterocycles. The predicted octanol–water partition coefficient (Wildman–Crippen LogP) is 2.13. The summed E-state index contributed by atoms with van der Waals surface area (Å²) in [4.78, 5) is 23.4. The highest BCUT2D eigenvalue weighted by atomic mass is 35.5. The first-order valence-electron chi connectivity index (χ1n) is 7.31. The molecule has 1 heterocycles. The zero-order valence-corrected chi connectivity index (χ0v) is 13.3. The Morgan fingerprint density at radius 1 is 1.33 bits per heavy atom. The molecule has 1 atom stereocenters. The minimum atomic E-state index is -0.860. The Morgan fingerprint density at radius 3 is 2.96 bits per heavy atom. The summed E-state index contributed by atoms with van der Waals surface area (Å²) in [7, 11) is 0. The Bertz CT molecular complexity index is 794. The Morgan fingerprint density at radius 2 is 2.17 bits per heavy atom. The molecule has 1 aliphatic heterocycles. The van der Waals surface area contributed by atoms with Gasteiger partial charge in [-0.2, -0.15) is 0 Å². The summed E-state index contributed by atoms with van der Waals surface area (Å²) in [6, 6.07) is 11.6. The maximum absolute atomic E-state index is 12.2. The second-order valence-corrected chi connectivity index (χ2v) is 5.77. The van der Waals surface area contributed by atoms with Gasteiger partial charge in [0.2, 0.25) is 0 Å². The van der Waals surface area contributed by atoms with Crippen molar-refractivity contribution in [2.45, 2.75) is 6.10 Å². The SMILES string of the molecule is O=C1COc2cc(C(=O)NCC(O)c3cccc(Cl)c3)ccc2N1. The molecule has 0 radical (unpaired) electrons. The van der Waals surface area contributed by atoms with Crippen LogP contribution in [0.1, 0.15) is 22.0 Å². The molecule has 0 fully saturated rings. The number of ether oxygens (including phenoxy) is 1. The van der Waals surface area contributed by atoms with Crippen molar-refractivity contribution in [3.63, 3.8) is 0 Å². The second-order valence-electron chi connectivity index (χ2n) is 5.33. The van der Waals surface area contributed by atoms with Crippen molar-refractivity contribution in [3.05, 3.63) is 58.6 Å². The normalized spacial score (nSPS) is 14.2. The quantitative estimate of drug-likeness (QED) is 0.791. The molecule has 1 unspecified atom stereocenters. The van der Waals surface area contributed by atoms with Gasteiger partial charge in [0.1, 0.15) is 5.75 Å². The average Bonchev–Trinajstić information content (AvgIpc) is 2.58. The fraction of sp³-hybridized carbons (Fsp3) is 0.176. The number of halogens is 1. The number of nitrogens with one attached hydrogen (secondary N) is 2. The third kappa shape index (κ3) is 3.67. The van der Waals surface area contributed by atoms with Gasteiger partial charge in [0.15, 0.2) is 6.61 Å². The lowest BCUT2D eigenvalue weighted by Gasteiger charge is -2.18. The van der Waals surface area contributed by atoms with Gasteiger partial charge in [0, 0.05) is 17.1 Å². The molecule has 2 aromatic carbocycles. The highest BCUT2D eigenvalue weighted by molar-refractivity contribution is 6.30. The number of aliphatic hydroxyl groups is 1. The van der Waals surface area contributed by atoms with Gasteiger partial charge in [0.25, 0.3) is 11.8 Å². The Labute approximate surface area is 143 Å². The van der Waals surface area contributed by atoms with E-state index in [0.717, 1.165) is 0 Å². The number of hydrogen-bond donors (Lipinski definition) is 3. The van der Waals surface area contributed by atoms with Crippen molar-refractivity contribution in [3.8, 4) is 5.75 Å². The van der Waals surface area contributed by atoms with Crippen LogP contribution in [0.15, 0.2) is 42.5 Å². The molecule has 7 heteroatoms. The molecule has 0 bridgehead atoms. The van der Waals surface area contributed by atoms with Crippen LogP contribution in [0.2, 0.25) is 5.02 Å². The predicted molar refractivity (Wildman–Crippen MR) is 89.3 cm³/mol. The van der Waals surface area contributed by atoms with Crippen LogP contribution in [0.4, 0.5) is 5.69 Å². The van der Waals surface area contributed by atoms with Crippen molar-refractivity contribution in [2.24, 2.45) is 0 Å². The number of anilines is 1. The first-order valence-corrected chi connectivity index (χ1v) is 7.69. The van der Waals surface area contributed by atoms with Gasteiger partial charge in [-0.05, 0) is 35.9 Å². The van der Waals surface area contributed by atoms with Crippen molar-refractivity contribution < 1.29 is 19.4 Å². The van der Waals surface area contributed by atoms with Crippen molar-refractivity contribution >= 4 is 29.1 Å². The van der Waals surface area contributed by atoms with Gasteiger partial charge < -0.3 is 20.5 Å². The molecule has 0 aliphatic carbocycles. The lowest BCUT2D eigenvalue weighted by Crippen LogP contribution is -2.29. The van der Waals surface area contributed by atoms with E-state index in [1.165, 1.54) is 0 Å². The summed E-state index contributed by atoms with van der Waals surface area (Å²) in [5, 5.41) is 15.9. The van der Waals surface area contributed by atoms with Gasteiger partial charge in [-0.1, -0.05) is 23.7 Å². The summed E-state index contributed by atoms with van der Waals surface area (Å²) in [6.45, 7) is -0.0284. The smallest absolute Gasteiger partial charge is 0.262 e. The van der Waals surface area contributed by atoms with Gasteiger partial charge in [-0.15, -0.1) is 0 Å². The summed E-state index contributed by atoms with van der Waals surface area (Å²) in [6.07, 6.45) is -0.860. The Balaban J connectivity index is 1.64. The second kappa shape index (κ2) is 6.90. The van der Waals surface area contributed by atoms with Crippen molar-refractivity contribution in [1.82, 2.24) is 5.32 Å². The Kier molecular flexibility index (Phi) is 4.69. The third-order valence-electron chi connectivity index (χ3n) is 3.57. The Hall–Kier alpha value is -2.57. The molecule has 3 N–H and O–H groups in total. The first kappa shape index (κ1) is 16.3. The largest absolute Gasteiger partial charge is 0.482 e. The number of carbonyl (C=O) groups is 2. The topological polar surface area (TPSA) is 87.7 Å². The van der Waals surface area contributed by atoms with E-state index in [-0.39, 0.29) is 25.0 Å². The van der Waals surface area contributed by atoms with Crippen LogP contribution in [0.5, 0.6) is 5.75 Å². The van der Waals surface area contributed by atoms with Crippen molar-refractivity contribution in [1.29, 1.82) is 0 Å². The molecule has 24 heavy (non-hydrogen) atoms. The van der Waals surface area contributed by atoms with E-state index in [0.29, 0.717) is 27.6 Å². The van der Waals surface area contributed by atoms with Crippen LogP contribution in [-0.4, -0.2) is 30.1 Å². The summed E-state index contributed by atoms with van der Waals surface area (Å²) >= 11 is 5.88. The molecule has 2 aromatic rings. The first-order chi connectivity index (χ1) is 11.5. The monoisotopic (exact) mass is 346 g/mol. The molecule has 1 aliphatic rings. The van der Waals surface area contributed by atoms with E-state index in [2.05, 4.69) is 10.6 Å². The number of hydrogen-bond acceptors (Lipinski definition) is 4. The fourth-order valence-corrected chi connectivity index (χ4v) is 2.54. The standard InChI is InChI=1S/C17H15ClN2O4/c18-12-3-1-2-10(6-12)14(21)8-19-17(23)11-4-5-13-15(7-11)24-9-16(22)20-13/h1-7,14,21H,8-9H2,(H,19,23)(H,20,22). The van der Waals surface area contributed by atoms with Crippen LogP contribution in [0, 0.1) is 0 Å². The number of amides is 2. The zero-order valence-electron chi connectivity index (χ0n) is 12.6. The molecular weight excluding hydrogens is 332 g/mol. The number of carbonyl (C=O) groups excluding carboxylic acids is 2. The van der Waals surface area contributed by atoms with Gasteiger partial charge in [-0.25, -0.2) is 0 Å². The summed E-state index contributed by atoms with van der Waals surface area (Å²) in [5.74, 6) is -0.138. The number of aliphatic hydroxyl groups excluding tert-OH is 1. The van der Waals surface area contributed by atoms with Crippen LogP contribution in [0.3, 0.4) is 0 Å². The maximum atomic E-state index is 12.2. The summed E-state index contributed by atoms with van der Waals surface area (Å²) < 4.78 is 5.28. The molecule has 2 amide bonds. The number of rotatable bonds is 4. The van der Waals surface area contributed by atoms with Crippen LogP contribution >= 0.6 is 11.6 Å². The highest BCUT2D eigenvalue weighted by Crippen LogP contribution is 2.28. The molecular formula is C17H15ClN2O4. The molecule has 0 spiro atoms. The fourth-order valence-electron chi connectivity index (χ4n) is 2.34. The van der Waals surface area contributed by atoms with E-state index in [9.17, 15) is 14.7 Å². The maximum Gasteiger partial charge on any atom is 0.262 e. The number of benzene rings is 2. The molecule has 0 saturated heterocycles. The van der Waals surface area contributed by atoms with Gasteiger partial charge in [0.05, 0.1) is 11.8 Å². The van der Waals surface area contributed by atoms with Gasteiger partial charge in [-0.3, -0.25) is 9.59 Å². The van der Waals surface area contributed by atoms with E-state index in [1.54, 1.807) is 42.5 Å². The van der Waals surface area contributed by atoms with E-state index >= 15 is 0 Å². The molecule has 3 rings (SSSR count). The summed E-state index contributed by atoms with van der Waals surface area (Å²) in [5.41, 5.74) is 1.53. The van der Waals surface area contributed by atoms with E-state index in [1.807, 2.05) is 0 Å². The molecule has 6 nitrogen and oxygen atoms in total. The van der Waals surface area contributed by atoms with Crippen molar-refractivity contribution in [2.75, 3.05) is 18.5 Å². The molecule has 0 saturated carbocycles. The lowest BCUT2D eigenvalue weighted by atomic mass is 10.1. The van der Waals surface area contributed by atoms with Gasteiger partial charge >= 0.3 is 0 Å². The third-order valence-corrected chi connectivity index (χ3v) is 3.80. The van der Waals surface area contributed by atoms with Crippen LogP contribution in [-0.2, 0) is 4.79 Å². The zero-order chi connectivity index (χ0) is 17.1. The van der Waals surface area contributed by atoms with E-state index < -0.39 is 6.10 Å². The highest BCUT2D eigenvalue weighted by Gasteiger charge is 2.18. The molecule has 124 valence electrons.